The lowest BCUT2D eigenvalue weighted by molar-refractivity contribution is 0.0338. The number of rotatable bonds is 2. The summed E-state index contributed by atoms with van der Waals surface area (Å²) in [6.45, 7) is 0. The zero-order chi connectivity index (χ0) is 14.3. The number of hydrogen-bond acceptors (Lipinski definition) is 4. The second kappa shape index (κ2) is 4.28. The molecule has 1 N–H and O–H groups in total. The molecule has 100 valence electrons. The smallest absolute Gasteiger partial charge is 0.268 e. The Labute approximate surface area is 116 Å². The molecule has 0 saturated carbocycles. The molecule has 0 fully saturated rings. The normalized spacial score (nSPS) is 16.1. The van der Waals surface area contributed by atoms with Crippen LogP contribution >= 0.6 is 0 Å². The van der Waals surface area contributed by atoms with Gasteiger partial charge in [0, 0.05) is 23.9 Å². The molecule has 0 heterocycles. The molecule has 1 aliphatic carbocycles. The monoisotopic (exact) mass is 267 g/mol. The van der Waals surface area contributed by atoms with Gasteiger partial charge in [-0.3, -0.25) is 9.59 Å². The number of para-hydroxylation sites is 1. The Morgan fingerprint density at radius 3 is 1.80 bits per heavy atom. The van der Waals surface area contributed by atoms with Crippen molar-refractivity contribution in [2.75, 3.05) is 11.9 Å². The minimum Gasteiger partial charge on any atom is -0.358 e. The highest BCUT2D eigenvalue weighted by molar-refractivity contribution is 6.33. The molecule has 0 unspecified atom stereocenters. The van der Waals surface area contributed by atoms with E-state index in [9.17, 15) is 14.7 Å². The molecule has 3 rings (SSSR count). The van der Waals surface area contributed by atoms with Crippen molar-refractivity contribution in [3.63, 3.8) is 0 Å². The van der Waals surface area contributed by atoms with E-state index in [1.54, 1.807) is 48.5 Å². The maximum absolute atomic E-state index is 12.4. The fourth-order valence-corrected chi connectivity index (χ4v) is 2.50. The first-order chi connectivity index (χ1) is 9.56. The van der Waals surface area contributed by atoms with Gasteiger partial charge in [0.15, 0.2) is 0 Å². The third-order valence-corrected chi connectivity index (χ3v) is 3.68. The van der Waals surface area contributed by atoms with Crippen molar-refractivity contribution in [3.8, 4) is 0 Å². The van der Waals surface area contributed by atoms with Crippen LogP contribution in [0.4, 0.5) is 5.69 Å². The summed E-state index contributed by atoms with van der Waals surface area (Å²) in [6.07, 6.45) is 0. The number of carbonyl (C=O) groups excluding carboxylic acids is 2. The Morgan fingerprint density at radius 1 is 0.850 bits per heavy atom. The van der Waals surface area contributed by atoms with Gasteiger partial charge >= 0.3 is 0 Å². The first kappa shape index (κ1) is 12.6. The molecule has 0 saturated heterocycles. The van der Waals surface area contributed by atoms with Crippen LogP contribution in [-0.2, 0) is 0 Å². The van der Waals surface area contributed by atoms with Gasteiger partial charge in [0.25, 0.3) is 5.72 Å². The number of hydrogen-bond donors (Lipinski definition) is 1. The number of aliphatic hydroxyl groups is 1. The summed E-state index contributed by atoms with van der Waals surface area (Å²) in [5, 5.41) is 10.7. The van der Waals surface area contributed by atoms with Crippen molar-refractivity contribution >= 4 is 17.3 Å². The minimum atomic E-state index is -2.16. The maximum atomic E-state index is 12.4. The van der Waals surface area contributed by atoms with Crippen LogP contribution in [0.2, 0.25) is 0 Å². The average Bonchev–Trinajstić information content (AvgIpc) is 2.71. The van der Waals surface area contributed by atoms with E-state index in [1.807, 2.05) is 6.07 Å². The van der Waals surface area contributed by atoms with E-state index in [0.717, 1.165) is 0 Å². The van der Waals surface area contributed by atoms with Crippen LogP contribution in [0, 0.1) is 0 Å². The summed E-state index contributed by atoms with van der Waals surface area (Å²) < 4.78 is 0. The molecular weight excluding hydrogens is 254 g/mol. The van der Waals surface area contributed by atoms with Gasteiger partial charge in [-0.25, -0.2) is 0 Å². The lowest BCUT2D eigenvalue weighted by Crippen LogP contribution is -2.55. The van der Waals surface area contributed by atoms with Crippen LogP contribution in [-0.4, -0.2) is 29.4 Å². The summed E-state index contributed by atoms with van der Waals surface area (Å²) >= 11 is 0. The van der Waals surface area contributed by atoms with Gasteiger partial charge in [0.1, 0.15) is 0 Å². The van der Waals surface area contributed by atoms with Crippen LogP contribution in [0.25, 0.3) is 0 Å². The SMILES string of the molecule is CN(c1ccccc1)C1(O)C(=O)c2ccccc2C1=O. The van der Waals surface area contributed by atoms with Crippen LogP contribution < -0.4 is 4.90 Å². The molecule has 2 aromatic rings. The molecular formula is C16H13NO3. The van der Waals surface area contributed by atoms with Gasteiger partial charge in [0.2, 0.25) is 11.6 Å². The molecule has 0 aromatic heterocycles. The quantitative estimate of drug-likeness (QED) is 0.667. The van der Waals surface area contributed by atoms with E-state index < -0.39 is 17.3 Å². The van der Waals surface area contributed by atoms with Gasteiger partial charge in [-0.05, 0) is 12.1 Å². The van der Waals surface area contributed by atoms with Crippen molar-refractivity contribution in [3.05, 3.63) is 65.7 Å². The van der Waals surface area contributed by atoms with Gasteiger partial charge < -0.3 is 10.0 Å². The number of benzene rings is 2. The zero-order valence-electron chi connectivity index (χ0n) is 10.9. The minimum absolute atomic E-state index is 0.266. The number of carbonyl (C=O) groups is 2. The highest BCUT2D eigenvalue weighted by Gasteiger charge is 2.55. The maximum Gasteiger partial charge on any atom is 0.268 e. The first-order valence-corrected chi connectivity index (χ1v) is 6.26. The molecule has 4 heteroatoms. The van der Waals surface area contributed by atoms with Crippen molar-refractivity contribution in [2.45, 2.75) is 5.72 Å². The molecule has 1 aliphatic rings. The average molecular weight is 267 g/mol. The van der Waals surface area contributed by atoms with E-state index in [0.29, 0.717) is 5.69 Å². The Kier molecular flexibility index (Phi) is 2.69. The standard InChI is InChI=1S/C16H13NO3/c1-17(11-7-3-2-4-8-11)16(20)14(18)12-9-5-6-10-13(12)15(16)19/h2-10,20H,1H3. The number of Topliss-reactive ketones (excluding diaryl/α,β-unsaturated/α-hetero) is 2. The summed E-state index contributed by atoms with van der Waals surface area (Å²) in [6, 6.07) is 15.4. The molecule has 0 amide bonds. The molecule has 20 heavy (non-hydrogen) atoms. The molecule has 0 bridgehead atoms. The zero-order valence-corrected chi connectivity index (χ0v) is 10.9. The van der Waals surface area contributed by atoms with E-state index in [2.05, 4.69) is 0 Å². The summed E-state index contributed by atoms with van der Waals surface area (Å²) in [5.41, 5.74) is -1.03. The van der Waals surface area contributed by atoms with Crippen LogP contribution in [0.15, 0.2) is 54.6 Å². The number of anilines is 1. The Hall–Kier alpha value is -2.46. The van der Waals surface area contributed by atoms with Gasteiger partial charge in [-0.2, -0.15) is 0 Å². The largest absolute Gasteiger partial charge is 0.358 e. The van der Waals surface area contributed by atoms with E-state index in [1.165, 1.54) is 11.9 Å². The van der Waals surface area contributed by atoms with Crippen LogP contribution in [0.5, 0.6) is 0 Å². The fraction of sp³-hybridized carbons (Fsp3) is 0.125. The van der Waals surface area contributed by atoms with E-state index in [4.69, 9.17) is 0 Å². The number of fused-ring (bicyclic) bond motifs is 1. The van der Waals surface area contributed by atoms with Crippen molar-refractivity contribution < 1.29 is 14.7 Å². The van der Waals surface area contributed by atoms with Gasteiger partial charge in [-0.15, -0.1) is 0 Å². The Bertz CT molecular complexity index is 659. The number of ketones is 2. The van der Waals surface area contributed by atoms with Crippen molar-refractivity contribution in [1.29, 1.82) is 0 Å². The molecule has 0 aliphatic heterocycles. The lowest BCUT2D eigenvalue weighted by Gasteiger charge is -2.32. The first-order valence-electron chi connectivity index (χ1n) is 6.26. The van der Waals surface area contributed by atoms with Gasteiger partial charge in [0.05, 0.1) is 0 Å². The predicted molar refractivity (Wildman–Crippen MR) is 74.9 cm³/mol. The molecule has 4 nitrogen and oxygen atoms in total. The van der Waals surface area contributed by atoms with E-state index in [-0.39, 0.29) is 11.1 Å². The van der Waals surface area contributed by atoms with Crippen LogP contribution in [0.3, 0.4) is 0 Å². The molecule has 2 aromatic carbocycles. The second-order valence-electron chi connectivity index (χ2n) is 4.77. The molecule has 0 spiro atoms. The molecule has 0 atom stereocenters. The third kappa shape index (κ3) is 1.52. The third-order valence-electron chi connectivity index (χ3n) is 3.68. The lowest BCUT2D eigenvalue weighted by atomic mass is 10.1. The summed E-state index contributed by atoms with van der Waals surface area (Å²) in [4.78, 5) is 26.2. The Morgan fingerprint density at radius 2 is 1.30 bits per heavy atom. The van der Waals surface area contributed by atoms with Crippen LogP contribution in [0.1, 0.15) is 20.7 Å². The topological polar surface area (TPSA) is 57.6 Å². The fourth-order valence-electron chi connectivity index (χ4n) is 2.50. The second-order valence-corrected chi connectivity index (χ2v) is 4.77. The highest BCUT2D eigenvalue weighted by Crippen LogP contribution is 2.34. The Balaban J connectivity index is 2.11. The van der Waals surface area contributed by atoms with E-state index >= 15 is 0 Å². The summed E-state index contributed by atoms with van der Waals surface area (Å²) in [5.74, 6) is -1.16. The van der Waals surface area contributed by atoms with Gasteiger partial charge in [-0.1, -0.05) is 42.5 Å². The molecule has 0 radical (unpaired) electrons. The highest BCUT2D eigenvalue weighted by atomic mass is 16.3. The predicted octanol–water partition coefficient (Wildman–Crippen LogP) is 1.89. The number of nitrogens with zero attached hydrogens (tertiary/aromatic N) is 1. The summed E-state index contributed by atoms with van der Waals surface area (Å²) in [7, 11) is 1.54. The van der Waals surface area contributed by atoms with Crippen molar-refractivity contribution in [1.82, 2.24) is 0 Å². The number of likely N-dealkylation sites (N-methyl/N-ethyl adjacent to an activating group) is 1. The van der Waals surface area contributed by atoms with Crippen molar-refractivity contribution in [2.24, 2.45) is 0 Å².